The minimum absolute atomic E-state index is 0.964. The van der Waals surface area contributed by atoms with E-state index in [0.717, 1.165) is 61.5 Å². The molecule has 0 aliphatic heterocycles. The maximum absolute atomic E-state index is 4.73. The standard InChI is InChI=1S/C52H33N3S.2C2H6/c1-2-12-34(13-3-1)35-22-26-51-45(30-35)46-33-38(23-27-52(46)56-51)55-49-24-20-36(39-14-4-6-16-41(39)47-18-8-10-28-53-47)31-43(49)44-32-37(21-25-50(44)55)40-15-5-7-17-42(40)48-19-9-11-29-54-48;2*1-2/h1-33H;2*1-2H3. The Bertz CT molecular complexity index is 3100. The van der Waals surface area contributed by atoms with Crippen molar-refractivity contribution in [2.75, 3.05) is 0 Å². The first-order chi connectivity index (χ1) is 29.8. The van der Waals surface area contributed by atoms with E-state index in [9.17, 15) is 0 Å². The summed E-state index contributed by atoms with van der Waals surface area (Å²) in [6.07, 6.45) is 3.73. The van der Waals surface area contributed by atoms with Gasteiger partial charge in [0, 0.05) is 60.2 Å². The second-order valence-corrected chi connectivity index (χ2v) is 15.3. The molecule has 290 valence electrons. The zero-order chi connectivity index (χ0) is 41.0. The van der Waals surface area contributed by atoms with Gasteiger partial charge in [-0.2, -0.15) is 0 Å². The number of fused-ring (bicyclic) bond motifs is 6. The lowest BCUT2D eigenvalue weighted by Crippen LogP contribution is -1.94. The SMILES string of the molecule is CC.CC.c1ccc(-c2ccc3sc4ccc(-n5c6ccc(-c7ccccc7-c7ccccn7)cc6c6cc(-c7ccccc7-c7ccccn7)ccc65)cc4c3c2)cc1. The van der Waals surface area contributed by atoms with Crippen molar-refractivity contribution < 1.29 is 0 Å². The summed E-state index contributed by atoms with van der Waals surface area (Å²) in [5.41, 5.74) is 14.7. The molecule has 0 bridgehead atoms. The number of thiophene rings is 1. The Morgan fingerprint density at radius 3 is 1.33 bits per heavy atom. The van der Waals surface area contributed by atoms with Crippen LogP contribution in [0.1, 0.15) is 27.7 Å². The third-order valence-electron chi connectivity index (χ3n) is 10.9. The van der Waals surface area contributed by atoms with Crippen molar-refractivity contribution in [2.24, 2.45) is 0 Å². The molecular weight excluding hydrogens is 747 g/mol. The van der Waals surface area contributed by atoms with Gasteiger partial charge in [0.15, 0.2) is 0 Å². The van der Waals surface area contributed by atoms with Crippen LogP contribution in [0, 0.1) is 0 Å². The normalized spacial score (nSPS) is 11.0. The third-order valence-corrected chi connectivity index (χ3v) is 12.1. The molecule has 4 heterocycles. The highest BCUT2D eigenvalue weighted by Gasteiger charge is 2.18. The molecule has 0 saturated heterocycles. The number of benzene rings is 7. The van der Waals surface area contributed by atoms with Crippen molar-refractivity contribution in [3.05, 3.63) is 200 Å². The van der Waals surface area contributed by atoms with E-state index in [4.69, 9.17) is 9.97 Å². The first-order valence-corrected chi connectivity index (χ1v) is 21.7. The third kappa shape index (κ3) is 6.95. The molecule has 60 heavy (non-hydrogen) atoms. The molecule has 11 aromatic rings. The van der Waals surface area contributed by atoms with Crippen molar-refractivity contribution >= 4 is 53.3 Å². The number of aromatic nitrogens is 3. The van der Waals surface area contributed by atoms with Gasteiger partial charge >= 0.3 is 0 Å². The summed E-state index contributed by atoms with van der Waals surface area (Å²) in [6.45, 7) is 8.00. The molecule has 0 spiro atoms. The highest BCUT2D eigenvalue weighted by molar-refractivity contribution is 7.25. The Hall–Kier alpha value is -7.14. The van der Waals surface area contributed by atoms with E-state index >= 15 is 0 Å². The molecule has 4 heteroatoms. The van der Waals surface area contributed by atoms with E-state index in [0.29, 0.717) is 0 Å². The Balaban J connectivity index is 0.00000112. The second kappa shape index (κ2) is 17.0. The molecule has 0 saturated carbocycles. The molecule has 4 aromatic heterocycles. The summed E-state index contributed by atoms with van der Waals surface area (Å²) in [7, 11) is 0. The number of rotatable bonds is 6. The van der Waals surface area contributed by atoms with Gasteiger partial charge in [-0.3, -0.25) is 9.97 Å². The predicted molar refractivity (Wildman–Crippen MR) is 259 cm³/mol. The second-order valence-electron chi connectivity index (χ2n) is 14.2. The average Bonchev–Trinajstić information content (AvgIpc) is 3.87. The Morgan fingerprint density at radius 2 is 0.800 bits per heavy atom. The van der Waals surface area contributed by atoms with Crippen LogP contribution in [0.4, 0.5) is 0 Å². The number of hydrogen-bond acceptors (Lipinski definition) is 3. The summed E-state index contributed by atoms with van der Waals surface area (Å²) in [5.74, 6) is 0. The van der Waals surface area contributed by atoms with E-state index in [1.807, 2.05) is 63.6 Å². The maximum Gasteiger partial charge on any atom is 0.0708 e. The predicted octanol–water partition coefficient (Wildman–Crippen LogP) is 16.3. The minimum Gasteiger partial charge on any atom is -0.309 e. The maximum atomic E-state index is 4.73. The number of pyridine rings is 2. The van der Waals surface area contributed by atoms with Crippen molar-refractivity contribution in [1.82, 2.24) is 14.5 Å². The molecule has 0 N–H and O–H groups in total. The zero-order valence-corrected chi connectivity index (χ0v) is 35.1. The summed E-state index contributed by atoms with van der Waals surface area (Å²) in [4.78, 5) is 9.45. The molecule has 0 fully saturated rings. The van der Waals surface area contributed by atoms with Gasteiger partial charge in [-0.05, 0) is 112 Å². The summed E-state index contributed by atoms with van der Waals surface area (Å²) >= 11 is 1.86. The smallest absolute Gasteiger partial charge is 0.0708 e. The number of hydrogen-bond donors (Lipinski definition) is 0. The lowest BCUT2D eigenvalue weighted by molar-refractivity contribution is 1.19. The highest BCUT2D eigenvalue weighted by atomic mass is 32.1. The van der Waals surface area contributed by atoms with Crippen LogP contribution in [-0.2, 0) is 0 Å². The summed E-state index contributed by atoms with van der Waals surface area (Å²) in [6, 6.07) is 67.7. The molecule has 0 amide bonds. The molecule has 7 aromatic carbocycles. The Labute approximate surface area is 355 Å². The van der Waals surface area contributed by atoms with Crippen molar-refractivity contribution in [3.63, 3.8) is 0 Å². The Morgan fingerprint density at radius 1 is 0.350 bits per heavy atom. The van der Waals surface area contributed by atoms with Gasteiger partial charge in [0.05, 0.1) is 22.4 Å². The van der Waals surface area contributed by atoms with Crippen LogP contribution in [0.25, 0.3) is 104 Å². The van der Waals surface area contributed by atoms with Crippen LogP contribution in [0.3, 0.4) is 0 Å². The largest absolute Gasteiger partial charge is 0.309 e. The van der Waals surface area contributed by atoms with Crippen LogP contribution in [0.2, 0.25) is 0 Å². The minimum atomic E-state index is 0.964. The highest BCUT2D eigenvalue weighted by Crippen LogP contribution is 2.42. The van der Waals surface area contributed by atoms with E-state index in [1.165, 1.54) is 42.1 Å². The molecule has 11 rings (SSSR count). The van der Waals surface area contributed by atoms with Gasteiger partial charge in [-0.1, -0.05) is 137 Å². The van der Waals surface area contributed by atoms with Crippen LogP contribution in [0.5, 0.6) is 0 Å². The molecule has 0 unspecified atom stereocenters. The molecule has 0 aliphatic carbocycles. The number of nitrogens with zero attached hydrogens (tertiary/aromatic N) is 3. The van der Waals surface area contributed by atoms with Gasteiger partial charge in [-0.15, -0.1) is 11.3 Å². The monoisotopic (exact) mass is 791 g/mol. The van der Waals surface area contributed by atoms with Crippen LogP contribution >= 0.6 is 11.3 Å². The zero-order valence-electron chi connectivity index (χ0n) is 34.3. The van der Waals surface area contributed by atoms with Crippen LogP contribution < -0.4 is 0 Å². The lowest BCUT2D eigenvalue weighted by atomic mass is 9.94. The quantitative estimate of drug-likeness (QED) is 0.168. The summed E-state index contributed by atoms with van der Waals surface area (Å²) in [5, 5.41) is 4.96. The van der Waals surface area contributed by atoms with Gasteiger partial charge < -0.3 is 4.57 Å². The molecule has 0 atom stereocenters. The fraction of sp³-hybridized carbons (Fsp3) is 0.0714. The molecule has 3 nitrogen and oxygen atoms in total. The lowest BCUT2D eigenvalue weighted by Gasteiger charge is -2.11. The van der Waals surface area contributed by atoms with Crippen LogP contribution in [-0.4, -0.2) is 14.5 Å². The van der Waals surface area contributed by atoms with E-state index < -0.39 is 0 Å². The first kappa shape index (κ1) is 38.4. The Kier molecular flexibility index (Phi) is 10.9. The topological polar surface area (TPSA) is 30.7 Å². The molecule has 0 radical (unpaired) electrons. The van der Waals surface area contributed by atoms with Crippen molar-refractivity contribution in [3.8, 4) is 61.6 Å². The van der Waals surface area contributed by atoms with E-state index in [2.05, 4.69) is 180 Å². The van der Waals surface area contributed by atoms with E-state index in [1.54, 1.807) is 0 Å². The van der Waals surface area contributed by atoms with Gasteiger partial charge in [0.2, 0.25) is 0 Å². The van der Waals surface area contributed by atoms with Gasteiger partial charge in [0.25, 0.3) is 0 Å². The first-order valence-electron chi connectivity index (χ1n) is 20.9. The molecular formula is C56H45N3S. The fourth-order valence-electron chi connectivity index (χ4n) is 8.31. The molecule has 0 aliphatic rings. The van der Waals surface area contributed by atoms with Crippen molar-refractivity contribution in [2.45, 2.75) is 27.7 Å². The average molecular weight is 792 g/mol. The van der Waals surface area contributed by atoms with Crippen molar-refractivity contribution in [1.29, 1.82) is 0 Å². The van der Waals surface area contributed by atoms with Gasteiger partial charge in [-0.25, -0.2) is 0 Å². The van der Waals surface area contributed by atoms with E-state index in [-0.39, 0.29) is 0 Å². The summed E-state index contributed by atoms with van der Waals surface area (Å²) < 4.78 is 5.03. The fourth-order valence-corrected chi connectivity index (χ4v) is 9.38. The van der Waals surface area contributed by atoms with Crippen LogP contribution in [0.15, 0.2) is 200 Å². The van der Waals surface area contributed by atoms with Gasteiger partial charge in [0.1, 0.15) is 0 Å².